The Kier molecular flexibility index (Phi) is 4.72. The Morgan fingerprint density at radius 3 is 2.32 bits per heavy atom. The first kappa shape index (κ1) is 17.7. The Balaban J connectivity index is 1.60. The Bertz CT molecular complexity index is 661. The average Bonchev–Trinajstić information content (AvgIpc) is 2.83. The number of nitrogens with zero attached hydrogens (tertiary/aromatic N) is 5. The summed E-state index contributed by atoms with van der Waals surface area (Å²) < 4.78 is 37.5. The van der Waals surface area contributed by atoms with E-state index in [-0.39, 0.29) is 17.5 Å². The number of alkyl halides is 3. The lowest BCUT2D eigenvalue weighted by atomic mass is 10.0. The Morgan fingerprint density at radius 1 is 1.16 bits per heavy atom. The van der Waals surface area contributed by atoms with Crippen molar-refractivity contribution in [1.29, 1.82) is 0 Å². The smallest absolute Gasteiger partial charge is 0.341 e. The van der Waals surface area contributed by atoms with Crippen molar-refractivity contribution in [3.63, 3.8) is 0 Å². The van der Waals surface area contributed by atoms with Crippen LogP contribution in [0.2, 0.25) is 5.02 Å². The third kappa shape index (κ3) is 3.94. The number of rotatable bonds is 3. The van der Waals surface area contributed by atoms with E-state index in [2.05, 4.69) is 9.97 Å². The standard InChI is InChI=1S/C14H15ClF3N5O2/c15-9-5-19-12(20-6-9)21-3-1-10(2-4-21)22-7-11(24)23(13(22)25)8-14(16,17)18/h5-6,10H,1-4,7-8H2. The topological polar surface area (TPSA) is 69.6 Å². The van der Waals surface area contributed by atoms with E-state index < -0.39 is 24.7 Å². The van der Waals surface area contributed by atoms with Crippen molar-refractivity contribution in [1.82, 2.24) is 19.8 Å². The van der Waals surface area contributed by atoms with Gasteiger partial charge in [0.2, 0.25) is 5.95 Å². The molecule has 2 aliphatic rings. The van der Waals surface area contributed by atoms with E-state index in [0.29, 0.717) is 36.9 Å². The van der Waals surface area contributed by atoms with Gasteiger partial charge in [0.05, 0.1) is 17.4 Å². The normalized spacial score (nSPS) is 19.9. The van der Waals surface area contributed by atoms with Crippen LogP contribution in [0.5, 0.6) is 0 Å². The maximum Gasteiger partial charge on any atom is 0.406 e. The fourth-order valence-electron chi connectivity index (χ4n) is 3.03. The number of imide groups is 1. The van der Waals surface area contributed by atoms with Crippen molar-refractivity contribution >= 4 is 29.5 Å². The molecule has 25 heavy (non-hydrogen) atoms. The summed E-state index contributed by atoms with van der Waals surface area (Å²) in [6.45, 7) is -0.789. The molecule has 0 atom stereocenters. The van der Waals surface area contributed by atoms with Gasteiger partial charge in [0.15, 0.2) is 0 Å². The zero-order valence-electron chi connectivity index (χ0n) is 13.0. The summed E-state index contributed by atoms with van der Waals surface area (Å²) in [4.78, 5) is 35.6. The second-order valence-corrected chi connectivity index (χ2v) is 6.36. The van der Waals surface area contributed by atoms with E-state index in [1.807, 2.05) is 4.90 Å². The highest BCUT2D eigenvalue weighted by molar-refractivity contribution is 6.30. The zero-order chi connectivity index (χ0) is 18.2. The van der Waals surface area contributed by atoms with Crippen LogP contribution in [0.3, 0.4) is 0 Å². The lowest BCUT2D eigenvalue weighted by Gasteiger charge is -2.36. The van der Waals surface area contributed by atoms with Crippen molar-refractivity contribution in [3.8, 4) is 0 Å². The van der Waals surface area contributed by atoms with Crippen LogP contribution < -0.4 is 4.90 Å². The van der Waals surface area contributed by atoms with Gasteiger partial charge >= 0.3 is 12.2 Å². The number of amides is 3. The van der Waals surface area contributed by atoms with Crippen LogP contribution in [-0.2, 0) is 4.79 Å². The minimum absolute atomic E-state index is 0.273. The maximum absolute atomic E-state index is 12.5. The van der Waals surface area contributed by atoms with Crippen LogP contribution in [0.4, 0.5) is 23.9 Å². The molecule has 3 heterocycles. The van der Waals surface area contributed by atoms with Crippen LogP contribution >= 0.6 is 11.6 Å². The second kappa shape index (κ2) is 6.66. The lowest BCUT2D eigenvalue weighted by molar-refractivity contribution is -0.151. The number of anilines is 1. The van der Waals surface area contributed by atoms with Gasteiger partial charge in [0, 0.05) is 19.1 Å². The van der Waals surface area contributed by atoms with Crippen molar-refractivity contribution in [2.45, 2.75) is 25.1 Å². The number of halogens is 4. The molecule has 1 aromatic heterocycles. The highest BCUT2D eigenvalue weighted by Crippen LogP contribution is 2.26. The molecule has 11 heteroatoms. The van der Waals surface area contributed by atoms with Crippen molar-refractivity contribution in [2.75, 3.05) is 31.1 Å². The van der Waals surface area contributed by atoms with Gasteiger partial charge in [-0.2, -0.15) is 13.2 Å². The fourth-order valence-corrected chi connectivity index (χ4v) is 3.12. The Morgan fingerprint density at radius 2 is 1.76 bits per heavy atom. The first-order valence-electron chi connectivity index (χ1n) is 7.65. The van der Waals surface area contributed by atoms with Crippen molar-refractivity contribution < 1.29 is 22.8 Å². The summed E-state index contributed by atoms with van der Waals surface area (Å²) in [5, 5.41) is 0.421. The molecule has 3 rings (SSSR count). The molecule has 2 saturated heterocycles. The number of urea groups is 1. The minimum Gasteiger partial charge on any atom is -0.341 e. The molecule has 0 bridgehead atoms. The molecule has 0 spiro atoms. The van der Waals surface area contributed by atoms with E-state index in [1.165, 1.54) is 17.3 Å². The molecule has 0 aliphatic carbocycles. The van der Waals surface area contributed by atoms with Crippen molar-refractivity contribution in [3.05, 3.63) is 17.4 Å². The number of carbonyl (C=O) groups is 2. The number of hydrogen-bond acceptors (Lipinski definition) is 5. The lowest BCUT2D eigenvalue weighted by Crippen LogP contribution is -2.47. The third-order valence-electron chi connectivity index (χ3n) is 4.22. The predicted octanol–water partition coefficient (Wildman–Crippen LogP) is 1.93. The Labute approximate surface area is 146 Å². The molecule has 2 aliphatic heterocycles. The Hall–Kier alpha value is -2.10. The highest BCUT2D eigenvalue weighted by Gasteiger charge is 2.45. The van der Waals surface area contributed by atoms with E-state index in [9.17, 15) is 22.8 Å². The molecule has 0 radical (unpaired) electrons. The van der Waals surface area contributed by atoms with Crippen LogP contribution in [0, 0.1) is 0 Å². The fraction of sp³-hybridized carbons (Fsp3) is 0.571. The van der Waals surface area contributed by atoms with Crippen LogP contribution in [0.15, 0.2) is 12.4 Å². The van der Waals surface area contributed by atoms with Gasteiger partial charge in [-0.25, -0.2) is 14.8 Å². The molecule has 0 unspecified atom stereocenters. The molecule has 2 fully saturated rings. The van der Waals surface area contributed by atoms with Gasteiger partial charge in [0.1, 0.15) is 13.1 Å². The van der Waals surface area contributed by atoms with E-state index in [4.69, 9.17) is 11.6 Å². The molecule has 136 valence electrons. The van der Waals surface area contributed by atoms with E-state index in [0.717, 1.165) is 0 Å². The summed E-state index contributed by atoms with van der Waals surface area (Å²) in [5.74, 6) is -0.309. The van der Waals surface area contributed by atoms with Gasteiger partial charge in [-0.05, 0) is 12.8 Å². The average molecular weight is 378 g/mol. The zero-order valence-corrected chi connectivity index (χ0v) is 13.8. The van der Waals surface area contributed by atoms with Gasteiger partial charge in [-0.15, -0.1) is 0 Å². The summed E-state index contributed by atoms with van der Waals surface area (Å²) in [7, 11) is 0. The summed E-state index contributed by atoms with van der Waals surface area (Å²) in [6, 6.07) is -1.15. The first-order chi connectivity index (χ1) is 11.7. The predicted molar refractivity (Wildman–Crippen MR) is 82.1 cm³/mol. The third-order valence-corrected chi connectivity index (χ3v) is 4.41. The molecular formula is C14H15ClF3N5O2. The summed E-state index contributed by atoms with van der Waals surface area (Å²) in [6.07, 6.45) is -0.604. The first-order valence-corrected chi connectivity index (χ1v) is 8.02. The van der Waals surface area contributed by atoms with Crippen LogP contribution in [-0.4, -0.2) is 70.1 Å². The van der Waals surface area contributed by atoms with Gasteiger partial charge in [-0.1, -0.05) is 11.6 Å². The monoisotopic (exact) mass is 377 g/mol. The van der Waals surface area contributed by atoms with Crippen LogP contribution in [0.25, 0.3) is 0 Å². The quantitative estimate of drug-likeness (QED) is 0.753. The van der Waals surface area contributed by atoms with Crippen LogP contribution in [0.1, 0.15) is 12.8 Å². The molecular weight excluding hydrogens is 363 g/mol. The minimum atomic E-state index is -4.60. The summed E-state index contributed by atoms with van der Waals surface area (Å²) >= 11 is 5.74. The molecule has 3 amide bonds. The molecule has 0 aromatic carbocycles. The number of aromatic nitrogens is 2. The number of carbonyl (C=O) groups excluding carboxylic acids is 2. The van der Waals surface area contributed by atoms with Gasteiger partial charge in [0.25, 0.3) is 5.91 Å². The highest BCUT2D eigenvalue weighted by atomic mass is 35.5. The van der Waals surface area contributed by atoms with Gasteiger partial charge in [-0.3, -0.25) is 9.69 Å². The second-order valence-electron chi connectivity index (χ2n) is 5.93. The van der Waals surface area contributed by atoms with Crippen molar-refractivity contribution in [2.24, 2.45) is 0 Å². The van der Waals surface area contributed by atoms with E-state index in [1.54, 1.807) is 0 Å². The molecule has 1 aromatic rings. The molecule has 7 nitrogen and oxygen atoms in total. The summed E-state index contributed by atoms with van der Waals surface area (Å²) in [5.41, 5.74) is 0. The maximum atomic E-state index is 12.5. The largest absolute Gasteiger partial charge is 0.406 e. The van der Waals surface area contributed by atoms with E-state index >= 15 is 0 Å². The number of hydrogen-bond donors (Lipinski definition) is 0. The SMILES string of the molecule is O=C1CN(C2CCN(c3ncc(Cl)cn3)CC2)C(=O)N1CC(F)(F)F. The number of piperidine rings is 1. The molecule has 0 saturated carbocycles. The van der Waals surface area contributed by atoms with Gasteiger partial charge < -0.3 is 9.80 Å². The molecule has 0 N–H and O–H groups in total.